The molecule has 18 heavy (non-hydrogen) atoms. The number of carbonyl (C=O) groups is 1. The monoisotopic (exact) mass is 248 g/mol. The lowest BCUT2D eigenvalue weighted by Gasteiger charge is -2.33. The molecule has 0 unspecified atom stereocenters. The van der Waals surface area contributed by atoms with Gasteiger partial charge in [0.05, 0.1) is 0 Å². The highest BCUT2D eigenvalue weighted by molar-refractivity contribution is 5.86. The van der Waals surface area contributed by atoms with E-state index in [0.29, 0.717) is 0 Å². The molecule has 0 aliphatic carbocycles. The molecule has 0 amide bonds. The lowest BCUT2D eigenvalue weighted by molar-refractivity contribution is 0.0690. The van der Waals surface area contributed by atoms with Gasteiger partial charge in [0.2, 0.25) is 0 Å². The van der Waals surface area contributed by atoms with Crippen LogP contribution in [0.1, 0.15) is 43.1 Å². The van der Waals surface area contributed by atoms with E-state index >= 15 is 0 Å². The van der Waals surface area contributed by atoms with Gasteiger partial charge < -0.3 is 10.0 Å². The van der Waals surface area contributed by atoms with Gasteiger partial charge in [0, 0.05) is 25.0 Å². The minimum atomic E-state index is -0.960. The molecule has 98 valence electrons. The smallest absolute Gasteiger partial charge is 0.354 e. The molecule has 1 N–H and O–H groups in total. The van der Waals surface area contributed by atoms with Crippen molar-refractivity contribution in [2.75, 3.05) is 18.0 Å². The SMILES string of the molecule is CCCC1CCN(c2ccnc(C(=O)O)c2)CC1. The summed E-state index contributed by atoms with van der Waals surface area (Å²) in [7, 11) is 0. The number of hydrogen-bond acceptors (Lipinski definition) is 3. The van der Waals surface area contributed by atoms with Crippen molar-refractivity contribution < 1.29 is 9.90 Å². The van der Waals surface area contributed by atoms with Gasteiger partial charge in [-0.05, 0) is 30.9 Å². The van der Waals surface area contributed by atoms with Gasteiger partial charge in [-0.25, -0.2) is 9.78 Å². The van der Waals surface area contributed by atoms with Gasteiger partial charge in [-0.15, -0.1) is 0 Å². The van der Waals surface area contributed by atoms with Crippen molar-refractivity contribution in [2.45, 2.75) is 32.6 Å². The molecule has 1 saturated heterocycles. The maximum Gasteiger partial charge on any atom is 0.354 e. The molecule has 1 fully saturated rings. The van der Waals surface area contributed by atoms with E-state index in [1.807, 2.05) is 6.07 Å². The first-order valence-electron chi connectivity index (χ1n) is 6.65. The molecule has 2 rings (SSSR count). The Morgan fingerprint density at radius 3 is 2.83 bits per heavy atom. The lowest BCUT2D eigenvalue weighted by Crippen LogP contribution is -2.33. The fourth-order valence-corrected chi connectivity index (χ4v) is 2.62. The zero-order chi connectivity index (χ0) is 13.0. The number of anilines is 1. The highest BCUT2D eigenvalue weighted by Crippen LogP contribution is 2.25. The van der Waals surface area contributed by atoms with Gasteiger partial charge >= 0.3 is 5.97 Å². The molecule has 1 aromatic rings. The van der Waals surface area contributed by atoms with Crippen molar-refractivity contribution in [1.29, 1.82) is 0 Å². The van der Waals surface area contributed by atoms with Crippen LogP contribution in [0.5, 0.6) is 0 Å². The summed E-state index contributed by atoms with van der Waals surface area (Å²) in [6.45, 7) is 4.27. The zero-order valence-electron chi connectivity index (χ0n) is 10.8. The summed E-state index contributed by atoms with van der Waals surface area (Å²) < 4.78 is 0. The summed E-state index contributed by atoms with van der Waals surface area (Å²) in [5.74, 6) is -0.121. The molecule has 1 aliphatic rings. The number of carboxylic acids is 1. The van der Waals surface area contributed by atoms with E-state index in [2.05, 4.69) is 16.8 Å². The minimum Gasteiger partial charge on any atom is -0.477 e. The molecular formula is C14H20N2O2. The predicted octanol–water partition coefficient (Wildman–Crippen LogP) is 2.80. The van der Waals surface area contributed by atoms with Crippen LogP contribution < -0.4 is 4.90 Å². The van der Waals surface area contributed by atoms with E-state index < -0.39 is 5.97 Å². The Labute approximate surface area is 108 Å². The van der Waals surface area contributed by atoms with Crippen LogP contribution in [0.15, 0.2) is 18.3 Å². The Hall–Kier alpha value is -1.58. The van der Waals surface area contributed by atoms with Crippen LogP contribution >= 0.6 is 0 Å². The predicted molar refractivity (Wildman–Crippen MR) is 71.0 cm³/mol. The largest absolute Gasteiger partial charge is 0.477 e. The molecule has 2 heterocycles. The van der Waals surface area contributed by atoms with E-state index in [-0.39, 0.29) is 5.69 Å². The molecule has 0 saturated carbocycles. The molecule has 1 aliphatic heterocycles. The first-order chi connectivity index (χ1) is 8.70. The van der Waals surface area contributed by atoms with Gasteiger partial charge in [-0.1, -0.05) is 19.8 Å². The van der Waals surface area contributed by atoms with Crippen molar-refractivity contribution in [2.24, 2.45) is 5.92 Å². The number of carboxylic acid groups (broad SMARTS) is 1. The van der Waals surface area contributed by atoms with Gasteiger partial charge in [0.1, 0.15) is 5.69 Å². The van der Waals surface area contributed by atoms with E-state index in [1.165, 1.54) is 25.7 Å². The maximum atomic E-state index is 10.9. The highest BCUT2D eigenvalue weighted by Gasteiger charge is 2.19. The fraction of sp³-hybridized carbons (Fsp3) is 0.571. The Morgan fingerprint density at radius 2 is 2.22 bits per heavy atom. The summed E-state index contributed by atoms with van der Waals surface area (Å²) in [4.78, 5) is 17.0. The number of aromatic nitrogens is 1. The number of nitrogens with zero attached hydrogens (tertiary/aromatic N) is 2. The van der Waals surface area contributed by atoms with Gasteiger partial charge in [-0.2, -0.15) is 0 Å². The van der Waals surface area contributed by atoms with Crippen LogP contribution in [0, 0.1) is 5.92 Å². The quantitative estimate of drug-likeness (QED) is 0.890. The Balaban J connectivity index is 2.01. The fourth-order valence-electron chi connectivity index (χ4n) is 2.62. The average Bonchev–Trinajstić information content (AvgIpc) is 2.40. The summed E-state index contributed by atoms with van der Waals surface area (Å²) >= 11 is 0. The molecule has 4 heteroatoms. The third-order valence-corrected chi connectivity index (χ3v) is 3.64. The second-order valence-corrected chi connectivity index (χ2v) is 4.92. The molecular weight excluding hydrogens is 228 g/mol. The van der Waals surface area contributed by atoms with Crippen molar-refractivity contribution in [3.8, 4) is 0 Å². The second kappa shape index (κ2) is 5.85. The minimum absolute atomic E-state index is 0.128. The first-order valence-corrected chi connectivity index (χ1v) is 6.65. The first kappa shape index (κ1) is 12.9. The molecule has 0 spiro atoms. The maximum absolute atomic E-state index is 10.9. The van der Waals surface area contributed by atoms with Crippen molar-refractivity contribution in [3.63, 3.8) is 0 Å². The van der Waals surface area contributed by atoms with Crippen LogP contribution in [-0.2, 0) is 0 Å². The van der Waals surface area contributed by atoms with Crippen LogP contribution in [0.25, 0.3) is 0 Å². The Kier molecular flexibility index (Phi) is 4.18. The van der Waals surface area contributed by atoms with Crippen molar-refractivity contribution >= 4 is 11.7 Å². The van der Waals surface area contributed by atoms with E-state index in [1.54, 1.807) is 12.3 Å². The second-order valence-electron chi connectivity index (χ2n) is 4.92. The zero-order valence-corrected chi connectivity index (χ0v) is 10.8. The van der Waals surface area contributed by atoms with Crippen LogP contribution in [0.4, 0.5) is 5.69 Å². The molecule has 0 atom stereocenters. The van der Waals surface area contributed by atoms with Gasteiger partial charge in [0.25, 0.3) is 0 Å². The standard InChI is InChI=1S/C14H20N2O2/c1-2-3-11-5-8-16(9-6-11)12-4-7-15-13(10-12)14(17)18/h4,7,10-11H,2-3,5-6,8-9H2,1H3,(H,17,18). The molecule has 0 bridgehead atoms. The summed E-state index contributed by atoms with van der Waals surface area (Å²) in [5, 5.41) is 8.94. The molecule has 0 aromatic carbocycles. The molecule has 0 radical (unpaired) electrons. The summed E-state index contributed by atoms with van der Waals surface area (Å²) in [5.41, 5.74) is 1.11. The summed E-state index contributed by atoms with van der Waals surface area (Å²) in [6.07, 6.45) is 6.56. The number of aromatic carboxylic acids is 1. The number of hydrogen-bond donors (Lipinski definition) is 1. The Bertz CT molecular complexity index is 412. The summed E-state index contributed by atoms with van der Waals surface area (Å²) in [6, 6.07) is 3.56. The van der Waals surface area contributed by atoms with Crippen molar-refractivity contribution in [3.05, 3.63) is 24.0 Å². The van der Waals surface area contributed by atoms with Crippen LogP contribution in [0.3, 0.4) is 0 Å². The van der Waals surface area contributed by atoms with E-state index in [9.17, 15) is 4.79 Å². The van der Waals surface area contributed by atoms with E-state index in [0.717, 1.165) is 24.7 Å². The molecule has 4 nitrogen and oxygen atoms in total. The van der Waals surface area contributed by atoms with Crippen molar-refractivity contribution in [1.82, 2.24) is 4.98 Å². The Morgan fingerprint density at radius 1 is 1.50 bits per heavy atom. The normalized spacial score (nSPS) is 16.8. The highest BCUT2D eigenvalue weighted by atomic mass is 16.4. The third-order valence-electron chi connectivity index (χ3n) is 3.64. The third kappa shape index (κ3) is 3.00. The lowest BCUT2D eigenvalue weighted by atomic mass is 9.92. The van der Waals surface area contributed by atoms with Crippen LogP contribution in [-0.4, -0.2) is 29.1 Å². The number of rotatable bonds is 4. The van der Waals surface area contributed by atoms with Gasteiger partial charge in [-0.3, -0.25) is 0 Å². The average molecular weight is 248 g/mol. The topological polar surface area (TPSA) is 53.4 Å². The van der Waals surface area contributed by atoms with Gasteiger partial charge in [0.15, 0.2) is 0 Å². The van der Waals surface area contributed by atoms with Crippen LogP contribution in [0.2, 0.25) is 0 Å². The molecule has 1 aromatic heterocycles. The van der Waals surface area contributed by atoms with E-state index in [4.69, 9.17) is 5.11 Å². The number of piperidine rings is 1. The number of pyridine rings is 1.